The zero-order chi connectivity index (χ0) is 17.3. The molecular weight excluding hydrogens is 374 g/mol. The van der Waals surface area contributed by atoms with Gasteiger partial charge in [-0.25, -0.2) is 0 Å². The number of rotatable bonds is 3. The molecule has 0 atom stereocenters. The Labute approximate surface area is 146 Å². The molecule has 2 aromatic carbocycles. The number of halogens is 1. The molecule has 2 amide bonds. The van der Waals surface area contributed by atoms with Crippen LogP contribution in [0.1, 0.15) is 21.5 Å². The van der Waals surface area contributed by atoms with Crippen LogP contribution in [-0.2, 0) is 9.59 Å². The molecule has 0 spiro atoms. The van der Waals surface area contributed by atoms with Gasteiger partial charge in [-0.2, -0.15) is 0 Å². The molecule has 1 aliphatic heterocycles. The van der Waals surface area contributed by atoms with E-state index < -0.39 is 24.3 Å². The van der Waals surface area contributed by atoms with Crippen LogP contribution in [-0.4, -0.2) is 34.3 Å². The van der Waals surface area contributed by atoms with Gasteiger partial charge in [0.15, 0.2) is 0 Å². The van der Waals surface area contributed by atoms with Gasteiger partial charge in [0.1, 0.15) is 6.54 Å². The van der Waals surface area contributed by atoms with Gasteiger partial charge >= 0.3 is 5.97 Å². The van der Waals surface area contributed by atoms with Crippen LogP contribution < -0.4 is 0 Å². The van der Waals surface area contributed by atoms with E-state index in [9.17, 15) is 14.4 Å². The van der Waals surface area contributed by atoms with Gasteiger partial charge in [-0.1, -0.05) is 52.3 Å². The number of carboxylic acid groups (broad SMARTS) is 1. The lowest BCUT2D eigenvalue weighted by Crippen LogP contribution is -2.44. The molecule has 0 bridgehead atoms. The number of hydrogen-bond acceptors (Lipinski definition) is 3. The fourth-order valence-electron chi connectivity index (χ4n) is 2.57. The summed E-state index contributed by atoms with van der Waals surface area (Å²) in [6, 6.07) is 14.0. The fraction of sp³-hybridized carbons (Fsp3) is 0.0556. The summed E-state index contributed by atoms with van der Waals surface area (Å²) >= 11 is 3.42. The smallest absolute Gasteiger partial charge is 0.323 e. The van der Waals surface area contributed by atoms with Gasteiger partial charge in [-0.05, 0) is 29.3 Å². The van der Waals surface area contributed by atoms with E-state index in [1.165, 1.54) is 0 Å². The second kappa shape index (κ2) is 6.41. The number of carboxylic acids is 1. The van der Waals surface area contributed by atoms with Crippen molar-refractivity contribution in [1.82, 2.24) is 4.90 Å². The van der Waals surface area contributed by atoms with Gasteiger partial charge in [-0.15, -0.1) is 0 Å². The van der Waals surface area contributed by atoms with Crippen LogP contribution in [0.25, 0.3) is 11.6 Å². The van der Waals surface area contributed by atoms with E-state index in [1.54, 1.807) is 30.3 Å². The highest BCUT2D eigenvalue weighted by Crippen LogP contribution is 2.31. The molecule has 1 N–H and O–H groups in total. The summed E-state index contributed by atoms with van der Waals surface area (Å²) in [5.41, 5.74) is 1.88. The zero-order valence-electron chi connectivity index (χ0n) is 12.4. The van der Waals surface area contributed by atoms with Gasteiger partial charge in [-0.3, -0.25) is 19.3 Å². The Kier molecular flexibility index (Phi) is 4.31. The molecule has 0 saturated carbocycles. The van der Waals surface area contributed by atoms with E-state index in [0.717, 1.165) is 14.9 Å². The van der Waals surface area contributed by atoms with E-state index in [1.807, 2.05) is 24.3 Å². The lowest BCUT2D eigenvalue weighted by atomic mass is 9.92. The number of hydrogen-bond donors (Lipinski definition) is 1. The first-order valence-electron chi connectivity index (χ1n) is 7.12. The average molecular weight is 386 g/mol. The van der Waals surface area contributed by atoms with Crippen molar-refractivity contribution < 1.29 is 19.5 Å². The fourth-order valence-corrected chi connectivity index (χ4v) is 2.97. The zero-order valence-corrected chi connectivity index (χ0v) is 14.0. The topological polar surface area (TPSA) is 74.7 Å². The Morgan fingerprint density at radius 1 is 1.00 bits per heavy atom. The van der Waals surface area contributed by atoms with Crippen LogP contribution >= 0.6 is 15.9 Å². The molecule has 3 rings (SSSR count). The molecule has 120 valence electrons. The highest BCUT2D eigenvalue weighted by molar-refractivity contribution is 9.10. The summed E-state index contributed by atoms with van der Waals surface area (Å²) in [7, 11) is 0. The van der Waals surface area contributed by atoms with Crippen molar-refractivity contribution in [3.63, 3.8) is 0 Å². The molecule has 2 aromatic rings. The second-order valence-electron chi connectivity index (χ2n) is 5.22. The van der Waals surface area contributed by atoms with Crippen molar-refractivity contribution in [3.05, 3.63) is 69.7 Å². The summed E-state index contributed by atoms with van der Waals surface area (Å²) in [5, 5.41) is 9.00. The van der Waals surface area contributed by atoms with Gasteiger partial charge in [0, 0.05) is 15.6 Å². The Balaban J connectivity index is 2.18. The molecule has 0 fully saturated rings. The molecule has 1 heterocycles. The standard InChI is InChI=1S/C18H12BrNO4/c19-15-8-4-1-5-11(15)9-14-12-6-2-3-7-13(12)17(23)20(18(14)24)10-16(21)22/h1-9H,10H2,(H,21,22)/b14-9-. The number of aliphatic carboxylic acids is 1. The molecule has 0 radical (unpaired) electrons. The Bertz CT molecular complexity index is 888. The highest BCUT2D eigenvalue weighted by Gasteiger charge is 2.35. The van der Waals surface area contributed by atoms with Crippen molar-refractivity contribution in [2.45, 2.75) is 0 Å². The van der Waals surface area contributed by atoms with E-state index >= 15 is 0 Å². The predicted molar refractivity (Wildman–Crippen MR) is 92.1 cm³/mol. The first kappa shape index (κ1) is 16.1. The summed E-state index contributed by atoms with van der Waals surface area (Å²) in [4.78, 5) is 36.9. The third-order valence-corrected chi connectivity index (χ3v) is 4.39. The minimum absolute atomic E-state index is 0.290. The Morgan fingerprint density at radius 2 is 1.62 bits per heavy atom. The maximum Gasteiger partial charge on any atom is 0.323 e. The number of fused-ring (bicyclic) bond motifs is 1. The second-order valence-corrected chi connectivity index (χ2v) is 6.07. The minimum atomic E-state index is -1.24. The number of amides is 2. The van der Waals surface area contributed by atoms with Crippen LogP contribution in [0.15, 0.2) is 53.0 Å². The first-order valence-corrected chi connectivity index (χ1v) is 7.92. The van der Waals surface area contributed by atoms with Crippen molar-refractivity contribution in [1.29, 1.82) is 0 Å². The molecular formula is C18H12BrNO4. The SMILES string of the molecule is O=C(O)CN1C(=O)/C(=C\c2ccccc2Br)c2ccccc2C1=O. The number of nitrogens with zero attached hydrogens (tertiary/aromatic N) is 1. The molecule has 1 aliphatic rings. The molecule has 0 unspecified atom stereocenters. The lowest BCUT2D eigenvalue weighted by Gasteiger charge is -2.27. The molecule has 0 aromatic heterocycles. The first-order chi connectivity index (χ1) is 11.5. The van der Waals surface area contributed by atoms with Crippen LogP contribution in [0.3, 0.4) is 0 Å². The Hall–Kier alpha value is -2.73. The number of benzene rings is 2. The van der Waals surface area contributed by atoms with E-state index in [0.29, 0.717) is 16.7 Å². The van der Waals surface area contributed by atoms with Crippen LogP contribution in [0.4, 0.5) is 0 Å². The molecule has 6 heteroatoms. The largest absolute Gasteiger partial charge is 0.480 e. The van der Waals surface area contributed by atoms with Crippen LogP contribution in [0, 0.1) is 0 Å². The van der Waals surface area contributed by atoms with Crippen molar-refractivity contribution in [2.24, 2.45) is 0 Å². The molecule has 24 heavy (non-hydrogen) atoms. The minimum Gasteiger partial charge on any atom is -0.480 e. The van der Waals surface area contributed by atoms with Gasteiger partial charge in [0.05, 0.1) is 0 Å². The molecule has 0 aliphatic carbocycles. The van der Waals surface area contributed by atoms with Gasteiger partial charge in [0.25, 0.3) is 11.8 Å². The van der Waals surface area contributed by atoms with Gasteiger partial charge in [0.2, 0.25) is 0 Å². The average Bonchev–Trinajstić information content (AvgIpc) is 2.57. The number of imide groups is 1. The van der Waals surface area contributed by atoms with E-state index in [2.05, 4.69) is 15.9 Å². The third-order valence-electron chi connectivity index (χ3n) is 3.67. The molecule has 0 saturated heterocycles. The maximum atomic E-state index is 12.7. The van der Waals surface area contributed by atoms with Gasteiger partial charge < -0.3 is 5.11 Å². The van der Waals surface area contributed by atoms with Crippen molar-refractivity contribution in [3.8, 4) is 0 Å². The number of carbonyl (C=O) groups excluding carboxylic acids is 2. The van der Waals surface area contributed by atoms with Crippen molar-refractivity contribution in [2.75, 3.05) is 6.54 Å². The van der Waals surface area contributed by atoms with Crippen LogP contribution in [0.2, 0.25) is 0 Å². The van der Waals surface area contributed by atoms with Crippen molar-refractivity contribution >= 4 is 45.4 Å². The monoisotopic (exact) mass is 385 g/mol. The predicted octanol–water partition coefficient (Wildman–Crippen LogP) is 3.06. The normalized spacial score (nSPS) is 15.5. The number of carbonyl (C=O) groups is 3. The summed E-state index contributed by atoms with van der Waals surface area (Å²) in [6.07, 6.45) is 1.66. The third kappa shape index (κ3) is 2.88. The lowest BCUT2D eigenvalue weighted by molar-refractivity contribution is -0.141. The summed E-state index contributed by atoms with van der Waals surface area (Å²) in [5.74, 6) is -2.45. The maximum absolute atomic E-state index is 12.7. The van der Waals surface area contributed by atoms with E-state index in [-0.39, 0.29) is 0 Å². The Morgan fingerprint density at radius 3 is 2.29 bits per heavy atom. The van der Waals surface area contributed by atoms with E-state index in [4.69, 9.17) is 5.11 Å². The summed E-state index contributed by atoms with van der Waals surface area (Å²) < 4.78 is 0.796. The van der Waals surface area contributed by atoms with Crippen LogP contribution in [0.5, 0.6) is 0 Å². The summed E-state index contributed by atoms with van der Waals surface area (Å²) in [6.45, 7) is -0.667. The molecule has 5 nitrogen and oxygen atoms in total. The highest BCUT2D eigenvalue weighted by atomic mass is 79.9. The quantitative estimate of drug-likeness (QED) is 0.650.